The average molecular weight is 375 g/mol. The zero-order valence-corrected chi connectivity index (χ0v) is 15.7. The van der Waals surface area contributed by atoms with Crippen molar-refractivity contribution in [2.24, 2.45) is 0 Å². The monoisotopic (exact) mass is 375 g/mol. The Labute approximate surface area is 161 Å². The molecule has 0 aliphatic rings. The topological polar surface area (TPSA) is 86.0 Å². The van der Waals surface area contributed by atoms with Gasteiger partial charge in [-0.3, -0.25) is 10.1 Å². The number of benzene rings is 2. The smallest absolute Gasteiger partial charge is 0.268 e. The van der Waals surface area contributed by atoms with E-state index >= 15 is 0 Å². The van der Waals surface area contributed by atoms with E-state index in [1.807, 2.05) is 37.4 Å². The van der Waals surface area contributed by atoms with Crippen LogP contribution in [0.5, 0.6) is 5.75 Å². The van der Waals surface area contributed by atoms with Crippen LogP contribution in [-0.4, -0.2) is 16.0 Å². The fourth-order valence-corrected chi connectivity index (χ4v) is 3.27. The van der Waals surface area contributed by atoms with Gasteiger partial charge in [0.25, 0.3) is 5.91 Å². The summed E-state index contributed by atoms with van der Waals surface area (Å²) in [4.78, 5) is 16.9. The number of amides is 1. The van der Waals surface area contributed by atoms with Crippen molar-refractivity contribution in [2.45, 2.75) is 13.8 Å². The summed E-state index contributed by atoms with van der Waals surface area (Å²) in [6.07, 6.45) is 1.42. The first-order valence-electron chi connectivity index (χ1n) is 8.21. The summed E-state index contributed by atoms with van der Waals surface area (Å²) in [5, 5.41) is 23.8. The first-order valence-corrected chi connectivity index (χ1v) is 9.09. The van der Waals surface area contributed by atoms with Crippen molar-refractivity contribution in [2.75, 3.05) is 5.32 Å². The van der Waals surface area contributed by atoms with Crippen LogP contribution in [0.15, 0.2) is 53.4 Å². The molecule has 0 fully saturated rings. The molecule has 3 rings (SSSR count). The van der Waals surface area contributed by atoms with Crippen LogP contribution in [0.3, 0.4) is 0 Å². The number of aryl methyl sites for hydroxylation is 2. The van der Waals surface area contributed by atoms with E-state index in [9.17, 15) is 15.2 Å². The van der Waals surface area contributed by atoms with Gasteiger partial charge in [-0.15, -0.1) is 11.3 Å². The number of nitrogens with zero attached hydrogens (tertiary/aromatic N) is 2. The van der Waals surface area contributed by atoms with Gasteiger partial charge >= 0.3 is 0 Å². The molecule has 2 N–H and O–H groups in total. The molecule has 1 amide bonds. The number of hydrogen-bond acceptors (Lipinski definition) is 5. The second-order valence-electron chi connectivity index (χ2n) is 6.08. The predicted octanol–water partition coefficient (Wildman–Crippen LogP) is 4.68. The summed E-state index contributed by atoms with van der Waals surface area (Å²) < 4.78 is 0. The highest BCUT2D eigenvalue weighted by Crippen LogP contribution is 2.28. The fraction of sp³-hybridized carbons (Fsp3) is 0.0952. The summed E-state index contributed by atoms with van der Waals surface area (Å²) in [7, 11) is 0. The number of phenolic OH excluding ortho intramolecular Hbond substituents is 1. The maximum absolute atomic E-state index is 12.4. The van der Waals surface area contributed by atoms with Crippen molar-refractivity contribution >= 4 is 28.5 Å². The van der Waals surface area contributed by atoms with Crippen LogP contribution < -0.4 is 5.32 Å². The van der Waals surface area contributed by atoms with Gasteiger partial charge in [-0.1, -0.05) is 29.8 Å². The zero-order valence-electron chi connectivity index (χ0n) is 14.9. The minimum atomic E-state index is -0.539. The third-order valence-corrected chi connectivity index (χ3v) is 4.70. The second-order valence-corrected chi connectivity index (χ2v) is 6.93. The minimum absolute atomic E-state index is 0.0657. The number of hydrogen-bond donors (Lipinski definition) is 2. The quantitative estimate of drug-likeness (QED) is 0.512. The van der Waals surface area contributed by atoms with Gasteiger partial charge in [0.15, 0.2) is 5.13 Å². The van der Waals surface area contributed by atoms with Gasteiger partial charge in [-0.25, -0.2) is 4.98 Å². The zero-order chi connectivity index (χ0) is 19.4. The van der Waals surface area contributed by atoms with Gasteiger partial charge < -0.3 is 5.11 Å². The number of anilines is 1. The molecule has 0 aliphatic heterocycles. The van der Waals surface area contributed by atoms with E-state index in [1.165, 1.54) is 29.5 Å². The molecule has 3 aromatic rings. The first kappa shape index (κ1) is 18.4. The molecular formula is C21H17N3O2S. The molecule has 134 valence electrons. The maximum Gasteiger partial charge on any atom is 0.268 e. The molecule has 0 bridgehead atoms. The lowest BCUT2D eigenvalue weighted by Crippen LogP contribution is -2.13. The normalized spacial score (nSPS) is 11.1. The Kier molecular flexibility index (Phi) is 5.34. The molecular weight excluding hydrogens is 358 g/mol. The SMILES string of the molecule is Cc1ccc(C)c(-c2csc(NC(=O)/C(C#N)=C/c3cccc(O)c3)n2)c1. The van der Waals surface area contributed by atoms with Crippen molar-refractivity contribution in [1.82, 2.24) is 4.98 Å². The molecule has 0 aliphatic carbocycles. The van der Waals surface area contributed by atoms with E-state index in [0.29, 0.717) is 10.7 Å². The largest absolute Gasteiger partial charge is 0.508 e. The van der Waals surface area contributed by atoms with E-state index in [1.54, 1.807) is 12.1 Å². The van der Waals surface area contributed by atoms with Crippen LogP contribution in [0.4, 0.5) is 5.13 Å². The molecule has 2 aromatic carbocycles. The summed E-state index contributed by atoms with van der Waals surface area (Å²) in [6, 6.07) is 14.4. The van der Waals surface area contributed by atoms with E-state index in [2.05, 4.69) is 16.4 Å². The number of nitrogens with one attached hydrogen (secondary N) is 1. The summed E-state index contributed by atoms with van der Waals surface area (Å²) >= 11 is 1.30. The van der Waals surface area contributed by atoms with Crippen LogP contribution in [0.2, 0.25) is 0 Å². The lowest BCUT2D eigenvalue weighted by atomic mass is 10.0. The Morgan fingerprint density at radius 3 is 2.81 bits per heavy atom. The Balaban J connectivity index is 1.81. The van der Waals surface area contributed by atoms with E-state index in [4.69, 9.17) is 0 Å². The molecule has 27 heavy (non-hydrogen) atoms. The molecule has 5 nitrogen and oxygen atoms in total. The van der Waals surface area contributed by atoms with E-state index < -0.39 is 5.91 Å². The molecule has 0 unspecified atom stereocenters. The standard InChI is InChI=1S/C21H17N3O2S/c1-13-6-7-14(2)18(8-13)19-12-27-21(23-19)24-20(26)16(11-22)9-15-4-3-5-17(25)10-15/h3-10,12,25H,1-2H3,(H,23,24,26)/b16-9+. The fourth-order valence-electron chi connectivity index (χ4n) is 2.56. The Morgan fingerprint density at radius 2 is 2.07 bits per heavy atom. The van der Waals surface area contributed by atoms with Gasteiger partial charge in [0.05, 0.1) is 5.69 Å². The molecule has 0 saturated heterocycles. The van der Waals surface area contributed by atoms with Crippen LogP contribution in [0, 0.1) is 25.2 Å². The Hall–Kier alpha value is -3.43. The van der Waals surface area contributed by atoms with Gasteiger partial charge in [0, 0.05) is 10.9 Å². The summed E-state index contributed by atoms with van der Waals surface area (Å²) in [5.41, 5.74) is 4.54. The molecule has 0 spiro atoms. The molecule has 0 atom stereocenters. The molecule has 1 aromatic heterocycles. The molecule has 0 saturated carbocycles. The van der Waals surface area contributed by atoms with Gasteiger partial charge in [-0.05, 0) is 49.2 Å². The van der Waals surface area contributed by atoms with Crippen molar-refractivity contribution in [1.29, 1.82) is 5.26 Å². The average Bonchev–Trinajstić information content (AvgIpc) is 3.10. The predicted molar refractivity (Wildman–Crippen MR) is 107 cm³/mol. The third kappa shape index (κ3) is 4.40. The molecule has 0 radical (unpaired) electrons. The highest BCUT2D eigenvalue weighted by atomic mass is 32.1. The second kappa shape index (κ2) is 7.85. The third-order valence-electron chi connectivity index (χ3n) is 3.94. The van der Waals surface area contributed by atoms with Crippen LogP contribution >= 0.6 is 11.3 Å². The highest BCUT2D eigenvalue weighted by Gasteiger charge is 2.13. The van der Waals surface area contributed by atoms with Gasteiger partial charge in [-0.2, -0.15) is 5.26 Å². The maximum atomic E-state index is 12.4. The number of thiazole rings is 1. The number of rotatable bonds is 4. The summed E-state index contributed by atoms with van der Waals surface area (Å²) in [6.45, 7) is 4.03. The highest BCUT2D eigenvalue weighted by molar-refractivity contribution is 7.14. The van der Waals surface area contributed by atoms with Crippen molar-refractivity contribution in [3.63, 3.8) is 0 Å². The van der Waals surface area contributed by atoms with Crippen molar-refractivity contribution in [3.8, 4) is 23.1 Å². The van der Waals surface area contributed by atoms with Crippen molar-refractivity contribution in [3.05, 3.63) is 70.1 Å². The van der Waals surface area contributed by atoms with E-state index in [0.717, 1.165) is 22.4 Å². The Bertz CT molecular complexity index is 1080. The molecule has 6 heteroatoms. The minimum Gasteiger partial charge on any atom is -0.508 e. The number of carbonyl (C=O) groups excluding carboxylic acids is 1. The lowest BCUT2D eigenvalue weighted by Gasteiger charge is -2.04. The number of carbonyl (C=O) groups is 1. The van der Waals surface area contributed by atoms with E-state index in [-0.39, 0.29) is 11.3 Å². The Morgan fingerprint density at radius 1 is 1.26 bits per heavy atom. The number of aromatic hydroxyl groups is 1. The summed E-state index contributed by atoms with van der Waals surface area (Å²) in [5.74, 6) is -0.470. The first-order chi connectivity index (χ1) is 13.0. The van der Waals surface area contributed by atoms with Crippen LogP contribution in [0.1, 0.15) is 16.7 Å². The molecule has 1 heterocycles. The number of nitriles is 1. The van der Waals surface area contributed by atoms with Crippen LogP contribution in [-0.2, 0) is 4.79 Å². The van der Waals surface area contributed by atoms with Gasteiger partial charge in [0.1, 0.15) is 17.4 Å². The van der Waals surface area contributed by atoms with Gasteiger partial charge in [0.2, 0.25) is 0 Å². The van der Waals surface area contributed by atoms with Crippen LogP contribution in [0.25, 0.3) is 17.3 Å². The number of phenols is 1. The van der Waals surface area contributed by atoms with Crippen molar-refractivity contribution < 1.29 is 9.90 Å². The lowest BCUT2D eigenvalue weighted by molar-refractivity contribution is -0.112. The number of aromatic nitrogens is 1.